The van der Waals surface area contributed by atoms with Crippen LogP contribution >= 0.6 is 0 Å². The van der Waals surface area contributed by atoms with Crippen LogP contribution in [0, 0.1) is 11.8 Å². The third-order valence-electron chi connectivity index (χ3n) is 3.10. The summed E-state index contributed by atoms with van der Waals surface area (Å²) < 4.78 is 29.7. The summed E-state index contributed by atoms with van der Waals surface area (Å²) in [4.78, 5) is 0. The lowest BCUT2D eigenvalue weighted by molar-refractivity contribution is -0.0691. The third kappa shape index (κ3) is 15.9. The second kappa shape index (κ2) is 10.5. The lowest BCUT2D eigenvalue weighted by Gasteiger charge is -2.33. The Bertz CT molecular complexity index is 220. The Morgan fingerprint density at radius 3 is 1.95 bits per heavy atom. The highest BCUT2D eigenvalue weighted by Gasteiger charge is 2.25. The summed E-state index contributed by atoms with van der Waals surface area (Å²) in [5, 5.41) is 0. The van der Waals surface area contributed by atoms with Crippen LogP contribution in [-0.4, -0.2) is 18.1 Å². The molecule has 1 aliphatic rings. The molecule has 1 heterocycles. The Morgan fingerprint density at radius 2 is 1.75 bits per heavy atom. The van der Waals surface area contributed by atoms with Crippen molar-refractivity contribution < 1.29 is 13.5 Å². The number of hydrogen-bond acceptors (Lipinski definition) is 1. The first-order valence-electron chi connectivity index (χ1n) is 8.03. The van der Waals surface area contributed by atoms with Gasteiger partial charge in [0.2, 0.25) is 5.92 Å². The highest BCUT2D eigenvalue weighted by Crippen LogP contribution is 2.27. The van der Waals surface area contributed by atoms with Gasteiger partial charge in [-0.05, 0) is 51.9 Å². The summed E-state index contributed by atoms with van der Waals surface area (Å²) >= 11 is 0. The average Bonchev–Trinajstić information content (AvgIpc) is 2.27. The molecule has 20 heavy (non-hydrogen) atoms. The zero-order chi connectivity index (χ0) is 16.4. The van der Waals surface area contributed by atoms with E-state index in [0.717, 1.165) is 19.4 Å². The molecule has 1 unspecified atom stereocenters. The monoisotopic (exact) mass is 294 g/mol. The molecular formula is C17H36F2O. The van der Waals surface area contributed by atoms with E-state index < -0.39 is 5.92 Å². The van der Waals surface area contributed by atoms with Crippen LogP contribution in [0.5, 0.6) is 0 Å². The lowest BCUT2D eigenvalue weighted by Crippen LogP contribution is -2.32. The molecule has 0 amide bonds. The van der Waals surface area contributed by atoms with E-state index in [1.54, 1.807) is 0 Å². The van der Waals surface area contributed by atoms with Gasteiger partial charge < -0.3 is 4.74 Å². The van der Waals surface area contributed by atoms with Gasteiger partial charge in [-0.25, -0.2) is 8.78 Å². The number of halogens is 2. The SMILES string of the molecule is CC.CC(C)CCC(C)(F)F.CC1CCOC(C)(C)C1. The Morgan fingerprint density at radius 1 is 1.25 bits per heavy atom. The number of ether oxygens (including phenoxy) is 1. The summed E-state index contributed by atoms with van der Waals surface area (Å²) in [6.07, 6.45) is 3.09. The Balaban J connectivity index is 0. The van der Waals surface area contributed by atoms with E-state index >= 15 is 0 Å². The largest absolute Gasteiger partial charge is 0.376 e. The highest BCUT2D eigenvalue weighted by molar-refractivity contribution is 4.75. The normalized spacial score (nSPS) is 21.4. The average molecular weight is 294 g/mol. The van der Waals surface area contributed by atoms with E-state index in [9.17, 15) is 8.78 Å². The molecule has 1 nitrogen and oxygen atoms in total. The fraction of sp³-hybridized carbons (Fsp3) is 1.00. The first-order chi connectivity index (χ1) is 9.02. The van der Waals surface area contributed by atoms with Crippen LogP contribution in [-0.2, 0) is 4.74 Å². The number of alkyl halides is 2. The number of rotatable bonds is 3. The minimum absolute atomic E-state index is 0.0185. The summed E-state index contributed by atoms with van der Waals surface area (Å²) in [6, 6.07) is 0. The van der Waals surface area contributed by atoms with Crippen LogP contribution in [0.4, 0.5) is 8.78 Å². The van der Waals surface area contributed by atoms with Crippen molar-refractivity contribution in [1.82, 2.24) is 0 Å². The van der Waals surface area contributed by atoms with Gasteiger partial charge in [0.05, 0.1) is 5.60 Å². The van der Waals surface area contributed by atoms with Gasteiger partial charge in [-0.2, -0.15) is 0 Å². The smallest absolute Gasteiger partial charge is 0.245 e. The first-order valence-corrected chi connectivity index (χ1v) is 8.03. The molecule has 1 fully saturated rings. The molecule has 0 aromatic heterocycles. The summed E-state index contributed by atoms with van der Waals surface area (Å²) in [6.45, 7) is 16.5. The van der Waals surface area contributed by atoms with Crippen LogP contribution in [0.1, 0.15) is 81.1 Å². The lowest BCUT2D eigenvalue weighted by atomic mass is 9.90. The quantitative estimate of drug-likeness (QED) is 0.592. The van der Waals surface area contributed by atoms with Crippen molar-refractivity contribution in [3.05, 3.63) is 0 Å². The zero-order valence-electron chi connectivity index (χ0n) is 14.9. The fourth-order valence-corrected chi connectivity index (χ4v) is 2.08. The van der Waals surface area contributed by atoms with E-state index in [2.05, 4.69) is 20.8 Å². The van der Waals surface area contributed by atoms with Crippen LogP contribution in [0.25, 0.3) is 0 Å². The molecule has 0 saturated carbocycles. The molecule has 0 aromatic rings. The molecule has 0 radical (unpaired) electrons. The topological polar surface area (TPSA) is 9.23 Å². The molecule has 3 heteroatoms. The first kappa shape index (κ1) is 22.1. The molecule has 0 aromatic carbocycles. The van der Waals surface area contributed by atoms with Gasteiger partial charge in [0, 0.05) is 13.0 Å². The van der Waals surface area contributed by atoms with Crippen molar-refractivity contribution in [2.75, 3.05) is 6.61 Å². The summed E-state index contributed by atoms with van der Waals surface area (Å²) in [7, 11) is 0. The molecule has 0 spiro atoms. The number of hydrogen-bond donors (Lipinski definition) is 0. The van der Waals surface area contributed by atoms with Gasteiger partial charge in [-0.15, -0.1) is 0 Å². The predicted molar refractivity (Wildman–Crippen MR) is 84.5 cm³/mol. The second-order valence-electron chi connectivity index (χ2n) is 6.71. The van der Waals surface area contributed by atoms with Gasteiger partial charge in [0.25, 0.3) is 0 Å². The molecule has 1 saturated heterocycles. The fourth-order valence-electron chi connectivity index (χ4n) is 2.08. The van der Waals surface area contributed by atoms with Crippen LogP contribution in [0.2, 0.25) is 0 Å². The van der Waals surface area contributed by atoms with Crippen LogP contribution < -0.4 is 0 Å². The Hall–Kier alpha value is -0.180. The summed E-state index contributed by atoms with van der Waals surface area (Å²) in [5.41, 5.74) is 0.150. The van der Waals surface area contributed by atoms with Gasteiger partial charge in [-0.1, -0.05) is 34.6 Å². The van der Waals surface area contributed by atoms with Crippen LogP contribution in [0.3, 0.4) is 0 Å². The molecule has 1 rings (SSSR count). The standard InChI is InChI=1S/C8H16O.C7H14F2.C2H6/c1-7-4-5-9-8(2,3)6-7;1-6(2)4-5-7(3,8)9;1-2/h7H,4-6H2,1-3H3;6H,4-5H2,1-3H3;1-2H3. The Labute approximate surface area is 125 Å². The molecule has 124 valence electrons. The van der Waals surface area contributed by atoms with Gasteiger partial charge in [0.15, 0.2) is 0 Å². The van der Waals surface area contributed by atoms with E-state index in [1.807, 2.05) is 27.7 Å². The maximum absolute atomic E-state index is 12.1. The maximum Gasteiger partial charge on any atom is 0.245 e. The second-order valence-corrected chi connectivity index (χ2v) is 6.71. The van der Waals surface area contributed by atoms with Crippen molar-refractivity contribution >= 4 is 0 Å². The van der Waals surface area contributed by atoms with Gasteiger partial charge in [-0.3, -0.25) is 0 Å². The molecular weight excluding hydrogens is 258 g/mol. The van der Waals surface area contributed by atoms with Crippen LogP contribution in [0.15, 0.2) is 0 Å². The molecule has 0 N–H and O–H groups in total. The maximum atomic E-state index is 12.1. The van der Waals surface area contributed by atoms with Gasteiger partial charge in [0.1, 0.15) is 0 Å². The van der Waals surface area contributed by atoms with E-state index in [4.69, 9.17) is 4.74 Å². The predicted octanol–water partition coefficient (Wildman–Crippen LogP) is 6.32. The van der Waals surface area contributed by atoms with Crippen molar-refractivity contribution in [2.45, 2.75) is 92.6 Å². The van der Waals surface area contributed by atoms with E-state index in [-0.39, 0.29) is 12.0 Å². The summed E-state index contributed by atoms with van der Waals surface area (Å²) in [5.74, 6) is -1.23. The highest BCUT2D eigenvalue weighted by atomic mass is 19.3. The minimum atomic E-state index is -2.47. The van der Waals surface area contributed by atoms with E-state index in [0.29, 0.717) is 12.3 Å². The van der Waals surface area contributed by atoms with Crippen molar-refractivity contribution in [2.24, 2.45) is 11.8 Å². The van der Waals surface area contributed by atoms with E-state index in [1.165, 1.54) is 12.8 Å². The van der Waals surface area contributed by atoms with Crippen molar-refractivity contribution in [1.29, 1.82) is 0 Å². The minimum Gasteiger partial charge on any atom is -0.376 e. The van der Waals surface area contributed by atoms with Crippen molar-refractivity contribution in [3.63, 3.8) is 0 Å². The Kier molecular flexibility index (Phi) is 11.6. The molecule has 0 aliphatic carbocycles. The van der Waals surface area contributed by atoms with Gasteiger partial charge >= 0.3 is 0 Å². The zero-order valence-corrected chi connectivity index (χ0v) is 14.9. The molecule has 0 bridgehead atoms. The molecule has 1 atom stereocenters. The third-order valence-corrected chi connectivity index (χ3v) is 3.10. The molecule has 1 aliphatic heterocycles. The van der Waals surface area contributed by atoms with Crippen molar-refractivity contribution in [3.8, 4) is 0 Å².